The van der Waals surface area contributed by atoms with Crippen LogP contribution in [0.25, 0.3) is 11.0 Å². The molecular weight excluding hydrogens is 305 g/mol. The van der Waals surface area contributed by atoms with E-state index < -0.39 is 0 Å². The molecule has 2 aromatic rings. The Balaban J connectivity index is 2.03. The van der Waals surface area contributed by atoms with Crippen LogP contribution in [0.2, 0.25) is 5.02 Å². The highest BCUT2D eigenvalue weighted by atomic mass is 35.5. The summed E-state index contributed by atoms with van der Waals surface area (Å²) in [4.78, 5) is 7.13. The van der Waals surface area contributed by atoms with E-state index in [1.54, 1.807) is 0 Å². The maximum Gasteiger partial charge on any atom is 0.127 e. The lowest BCUT2D eigenvalue weighted by molar-refractivity contribution is 0.167. The smallest absolute Gasteiger partial charge is 0.127 e. The summed E-state index contributed by atoms with van der Waals surface area (Å²) in [6, 6.07) is 6.50. The number of rotatable bonds is 3. The van der Waals surface area contributed by atoms with Crippen molar-refractivity contribution in [3.8, 4) is 0 Å². The third-order valence-corrected chi connectivity index (χ3v) is 4.93. The second kappa shape index (κ2) is 6.15. The monoisotopic (exact) mass is 325 g/mol. The molecule has 1 aromatic heterocycles. The molecule has 2 heterocycles. The van der Waals surface area contributed by atoms with E-state index in [-0.39, 0.29) is 5.38 Å². The molecule has 0 aliphatic carbocycles. The summed E-state index contributed by atoms with van der Waals surface area (Å²) in [5, 5.41) is 0.573. The van der Waals surface area contributed by atoms with Gasteiger partial charge in [0.05, 0.1) is 15.9 Å². The maximum atomic E-state index is 6.35. The molecule has 1 saturated heterocycles. The lowest BCUT2D eigenvalue weighted by Gasteiger charge is -2.33. The number of alkyl halides is 1. The van der Waals surface area contributed by atoms with Crippen molar-refractivity contribution in [1.29, 1.82) is 0 Å². The molecule has 0 amide bonds. The predicted octanol–water partition coefficient (Wildman–Crippen LogP) is 4.47. The van der Waals surface area contributed by atoms with Gasteiger partial charge in [0.2, 0.25) is 0 Å². The summed E-state index contributed by atoms with van der Waals surface area (Å²) in [6.45, 7) is 4.07. The molecule has 2 atom stereocenters. The van der Waals surface area contributed by atoms with E-state index in [1.807, 2.05) is 19.1 Å². The third-order valence-electron chi connectivity index (χ3n) is 4.43. The lowest BCUT2D eigenvalue weighted by Crippen LogP contribution is -2.39. The number of fused-ring (bicyclic) bond motifs is 1. The number of hydrogen-bond acceptors (Lipinski definition) is 2. The molecule has 0 radical (unpaired) electrons. The summed E-state index contributed by atoms with van der Waals surface area (Å²) >= 11 is 12.6. The topological polar surface area (TPSA) is 21.1 Å². The van der Waals surface area contributed by atoms with E-state index in [0.29, 0.717) is 11.1 Å². The van der Waals surface area contributed by atoms with Crippen LogP contribution < -0.4 is 0 Å². The van der Waals surface area contributed by atoms with Crippen molar-refractivity contribution in [1.82, 2.24) is 14.5 Å². The fourth-order valence-corrected chi connectivity index (χ4v) is 3.59. The number of imidazole rings is 1. The van der Waals surface area contributed by atoms with Gasteiger partial charge < -0.3 is 9.47 Å². The van der Waals surface area contributed by atoms with Crippen molar-refractivity contribution >= 4 is 34.2 Å². The first-order valence-corrected chi connectivity index (χ1v) is 8.38. The second-order valence-electron chi connectivity index (χ2n) is 5.93. The Bertz CT molecular complexity index is 636. The Labute approximate surface area is 135 Å². The SMILES string of the molecule is CC(Cl)c1nc2c(Cl)cccc2n1CC1CCCCN1C. The lowest BCUT2D eigenvalue weighted by atomic mass is 10.0. The zero-order valence-electron chi connectivity index (χ0n) is 12.5. The molecule has 3 rings (SSSR count). The van der Waals surface area contributed by atoms with Gasteiger partial charge in [0.15, 0.2) is 0 Å². The fraction of sp³-hybridized carbons (Fsp3) is 0.562. The van der Waals surface area contributed by atoms with Crippen LogP contribution in [-0.2, 0) is 6.54 Å². The van der Waals surface area contributed by atoms with Crippen molar-refractivity contribution in [3.63, 3.8) is 0 Å². The van der Waals surface area contributed by atoms with Gasteiger partial charge in [-0.1, -0.05) is 24.1 Å². The van der Waals surface area contributed by atoms with E-state index in [4.69, 9.17) is 23.2 Å². The largest absolute Gasteiger partial charge is 0.325 e. The number of likely N-dealkylation sites (N-methyl/N-ethyl adjacent to an activating group) is 1. The van der Waals surface area contributed by atoms with Gasteiger partial charge in [0.1, 0.15) is 11.3 Å². The molecule has 114 valence electrons. The first-order chi connectivity index (χ1) is 10.1. The summed E-state index contributed by atoms with van der Waals surface area (Å²) in [6.07, 6.45) is 3.82. The van der Waals surface area contributed by atoms with Crippen molar-refractivity contribution in [2.45, 2.75) is 44.1 Å². The second-order valence-corrected chi connectivity index (χ2v) is 7.00. The Morgan fingerprint density at radius 3 is 2.90 bits per heavy atom. The highest BCUT2D eigenvalue weighted by Crippen LogP contribution is 2.30. The van der Waals surface area contributed by atoms with Crippen molar-refractivity contribution in [2.75, 3.05) is 13.6 Å². The Hall–Kier alpha value is -0.770. The molecule has 0 spiro atoms. The standard InChI is InChI=1S/C16H21Cl2N3/c1-11(17)16-19-15-13(18)7-5-8-14(15)21(16)10-12-6-3-4-9-20(12)2/h5,7-8,11-12H,3-4,6,9-10H2,1-2H3. The molecule has 0 saturated carbocycles. The van der Waals surface area contributed by atoms with Gasteiger partial charge >= 0.3 is 0 Å². The maximum absolute atomic E-state index is 6.35. The number of likely N-dealkylation sites (tertiary alicyclic amines) is 1. The highest BCUT2D eigenvalue weighted by Gasteiger charge is 2.23. The molecule has 2 unspecified atom stereocenters. The minimum atomic E-state index is -0.123. The van der Waals surface area contributed by atoms with E-state index >= 15 is 0 Å². The van der Waals surface area contributed by atoms with Crippen LogP contribution in [0.1, 0.15) is 37.4 Å². The van der Waals surface area contributed by atoms with Gasteiger partial charge in [-0.05, 0) is 45.5 Å². The van der Waals surface area contributed by atoms with Crippen LogP contribution in [0.5, 0.6) is 0 Å². The van der Waals surface area contributed by atoms with Gasteiger partial charge in [-0.3, -0.25) is 0 Å². The van der Waals surface area contributed by atoms with E-state index in [1.165, 1.54) is 25.8 Å². The van der Waals surface area contributed by atoms with Gasteiger partial charge in [0.25, 0.3) is 0 Å². The molecule has 5 heteroatoms. The molecule has 1 aromatic carbocycles. The summed E-state index contributed by atoms with van der Waals surface area (Å²) in [5.74, 6) is 0.916. The first kappa shape index (κ1) is 15.1. The van der Waals surface area contributed by atoms with Gasteiger partial charge in [-0.15, -0.1) is 11.6 Å². The number of halogens is 2. The normalized spacial score (nSPS) is 21.8. The summed E-state index contributed by atoms with van der Waals surface area (Å²) < 4.78 is 2.26. The molecule has 21 heavy (non-hydrogen) atoms. The number of hydrogen-bond donors (Lipinski definition) is 0. The van der Waals surface area contributed by atoms with Crippen LogP contribution in [0.4, 0.5) is 0 Å². The molecule has 0 bridgehead atoms. The average Bonchev–Trinajstić information content (AvgIpc) is 2.82. The van der Waals surface area contributed by atoms with Crippen LogP contribution in [-0.4, -0.2) is 34.1 Å². The van der Waals surface area contributed by atoms with E-state index in [9.17, 15) is 0 Å². The number of benzene rings is 1. The molecule has 3 nitrogen and oxygen atoms in total. The Kier molecular flexibility index (Phi) is 4.43. The molecule has 1 aliphatic rings. The number of aromatic nitrogens is 2. The molecule has 0 N–H and O–H groups in total. The molecule has 1 aliphatic heterocycles. The summed E-state index contributed by atoms with van der Waals surface area (Å²) in [7, 11) is 2.21. The van der Waals surface area contributed by atoms with Crippen molar-refractivity contribution in [3.05, 3.63) is 29.0 Å². The minimum Gasteiger partial charge on any atom is -0.325 e. The fourth-order valence-electron chi connectivity index (χ4n) is 3.21. The van der Waals surface area contributed by atoms with Crippen LogP contribution >= 0.6 is 23.2 Å². The third kappa shape index (κ3) is 2.92. The van der Waals surface area contributed by atoms with Gasteiger partial charge in [-0.2, -0.15) is 0 Å². The van der Waals surface area contributed by atoms with Crippen LogP contribution in [0.3, 0.4) is 0 Å². The zero-order valence-corrected chi connectivity index (χ0v) is 14.0. The van der Waals surface area contributed by atoms with Crippen LogP contribution in [0, 0.1) is 0 Å². The van der Waals surface area contributed by atoms with E-state index in [2.05, 4.69) is 27.6 Å². The van der Waals surface area contributed by atoms with Crippen molar-refractivity contribution < 1.29 is 0 Å². The number of piperidine rings is 1. The number of para-hydroxylation sites is 1. The quantitative estimate of drug-likeness (QED) is 0.776. The predicted molar refractivity (Wildman–Crippen MR) is 89.3 cm³/mol. The van der Waals surface area contributed by atoms with Crippen molar-refractivity contribution in [2.24, 2.45) is 0 Å². The van der Waals surface area contributed by atoms with Crippen LogP contribution in [0.15, 0.2) is 18.2 Å². The average molecular weight is 326 g/mol. The number of nitrogens with zero attached hydrogens (tertiary/aromatic N) is 3. The Morgan fingerprint density at radius 2 is 2.19 bits per heavy atom. The van der Waals surface area contributed by atoms with Gasteiger partial charge in [0, 0.05) is 12.6 Å². The highest BCUT2D eigenvalue weighted by molar-refractivity contribution is 6.35. The van der Waals surface area contributed by atoms with E-state index in [0.717, 1.165) is 23.4 Å². The first-order valence-electron chi connectivity index (χ1n) is 7.57. The van der Waals surface area contributed by atoms with Gasteiger partial charge in [-0.25, -0.2) is 4.98 Å². The Morgan fingerprint density at radius 1 is 1.38 bits per heavy atom. The zero-order chi connectivity index (χ0) is 15.0. The summed E-state index contributed by atoms with van der Waals surface area (Å²) in [5.41, 5.74) is 1.95. The molecular formula is C16H21Cl2N3. The minimum absolute atomic E-state index is 0.123. The molecule has 1 fully saturated rings.